The Morgan fingerprint density at radius 1 is 1.14 bits per heavy atom. The van der Waals surface area contributed by atoms with Gasteiger partial charge in [-0.2, -0.15) is 18.3 Å². The van der Waals surface area contributed by atoms with Crippen molar-refractivity contribution in [2.24, 2.45) is 5.73 Å². The van der Waals surface area contributed by atoms with Crippen molar-refractivity contribution in [3.63, 3.8) is 0 Å². The lowest BCUT2D eigenvalue weighted by Gasteiger charge is -2.06. The summed E-state index contributed by atoms with van der Waals surface area (Å²) in [5.41, 5.74) is 6.16. The van der Waals surface area contributed by atoms with Gasteiger partial charge in [-0.05, 0) is 18.2 Å². The lowest BCUT2D eigenvalue weighted by molar-refractivity contribution is -0.192. The number of aromatic nitrogens is 4. The number of carboxylic acid groups (broad SMARTS) is 1. The highest BCUT2D eigenvalue weighted by atomic mass is 19.4. The van der Waals surface area contributed by atoms with Gasteiger partial charge in [-0.1, -0.05) is 0 Å². The fourth-order valence-corrected chi connectivity index (χ4v) is 1.88. The van der Waals surface area contributed by atoms with Gasteiger partial charge in [0.15, 0.2) is 11.3 Å². The van der Waals surface area contributed by atoms with Gasteiger partial charge in [0, 0.05) is 18.6 Å². The summed E-state index contributed by atoms with van der Waals surface area (Å²) >= 11 is 0. The van der Waals surface area contributed by atoms with Crippen LogP contribution in [0.25, 0.3) is 5.65 Å². The average molecular weight is 396 g/mol. The summed E-state index contributed by atoms with van der Waals surface area (Å²) in [6, 6.07) is 4.84. The second kappa shape index (κ2) is 8.11. The predicted molar refractivity (Wildman–Crippen MR) is 87.4 cm³/mol. The van der Waals surface area contributed by atoms with Gasteiger partial charge in [-0.15, -0.1) is 0 Å². The van der Waals surface area contributed by atoms with Gasteiger partial charge in [-0.25, -0.2) is 19.3 Å². The van der Waals surface area contributed by atoms with Crippen LogP contribution < -0.4 is 11.1 Å². The van der Waals surface area contributed by atoms with Crippen LogP contribution in [0, 0.1) is 0 Å². The Bertz CT molecular complexity index is 1030. The maximum atomic E-state index is 12.3. The number of rotatable bonds is 3. The molecule has 0 aliphatic rings. The molecule has 0 aromatic carbocycles. The number of carbonyl (C=O) groups is 3. The van der Waals surface area contributed by atoms with E-state index in [1.807, 2.05) is 0 Å². The number of aliphatic carboxylic acids is 1. The first kappa shape index (κ1) is 20.3. The number of nitrogens with one attached hydrogen (secondary N) is 1. The van der Waals surface area contributed by atoms with Crippen molar-refractivity contribution in [3.05, 3.63) is 54.2 Å². The molecular formula is C15H11F3N6O4. The van der Waals surface area contributed by atoms with Crippen LogP contribution in [-0.4, -0.2) is 48.6 Å². The standard InChI is InChI=1S/C13H10N6O2.C2HF3O2/c14-11(20)10-9(3-1-4-15-10)18-13(21)8-7-17-19-6-2-5-16-12(8)19;3-2(4,5)1(6)7/h1-7H,(H2,14,20)(H,18,21);(H,6,7). The number of hydrogen-bond donors (Lipinski definition) is 3. The number of primary amides is 1. The highest BCUT2D eigenvalue weighted by Crippen LogP contribution is 2.15. The normalized spacial score (nSPS) is 10.7. The molecule has 0 saturated carbocycles. The number of carbonyl (C=O) groups excluding carboxylic acids is 2. The van der Waals surface area contributed by atoms with Crippen LogP contribution in [0.1, 0.15) is 20.8 Å². The van der Waals surface area contributed by atoms with Gasteiger partial charge in [0.25, 0.3) is 11.8 Å². The molecule has 0 spiro atoms. The Balaban J connectivity index is 0.000000345. The number of pyridine rings is 1. The number of nitrogens with zero attached hydrogens (tertiary/aromatic N) is 4. The van der Waals surface area contributed by atoms with E-state index in [0.717, 1.165) is 0 Å². The molecular weight excluding hydrogens is 385 g/mol. The molecule has 3 aromatic heterocycles. The number of amides is 2. The van der Waals surface area contributed by atoms with Crippen molar-refractivity contribution in [2.75, 3.05) is 5.32 Å². The zero-order chi connectivity index (χ0) is 20.9. The number of halogens is 3. The molecule has 3 heterocycles. The van der Waals surface area contributed by atoms with Crippen LogP contribution in [0.5, 0.6) is 0 Å². The minimum Gasteiger partial charge on any atom is -0.475 e. The molecule has 146 valence electrons. The largest absolute Gasteiger partial charge is 0.490 e. The number of anilines is 1. The molecule has 3 aromatic rings. The van der Waals surface area contributed by atoms with Gasteiger partial charge < -0.3 is 16.2 Å². The quantitative estimate of drug-likeness (QED) is 0.599. The molecule has 13 heteroatoms. The maximum absolute atomic E-state index is 12.3. The van der Waals surface area contributed by atoms with Gasteiger partial charge >= 0.3 is 12.1 Å². The minimum absolute atomic E-state index is 0.00437. The molecule has 2 amide bonds. The molecule has 3 rings (SSSR count). The fraction of sp³-hybridized carbons (Fsp3) is 0.0667. The first-order chi connectivity index (χ1) is 13.1. The van der Waals surface area contributed by atoms with E-state index >= 15 is 0 Å². The number of nitrogens with two attached hydrogens (primary N) is 1. The molecule has 0 radical (unpaired) electrons. The second-order valence-corrected chi connectivity index (χ2v) is 4.97. The van der Waals surface area contributed by atoms with Crippen LogP contribution in [0.3, 0.4) is 0 Å². The molecule has 0 aliphatic carbocycles. The zero-order valence-corrected chi connectivity index (χ0v) is 13.7. The van der Waals surface area contributed by atoms with Crippen molar-refractivity contribution in [2.45, 2.75) is 6.18 Å². The third-order valence-corrected chi connectivity index (χ3v) is 3.06. The maximum Gasteiger partial charge on any atom is 0.490 e. The van der Waals surface area contributed by atoms with E-state index in [2.05, 4.69) is 20.4 Å². The molecule has 0 fully saturated rings. The Hall–Kier alpha value is -4.03. The Morgan fingerprint density at radius 2 is 1.79 bits per heavy atom. The van der Waals surface area contributed by atoms with E-state index in [1.165, 1.54) is 16.9 Å². The third kappa shape index (κ3) is 4.78. The third-order valence-electron chi connectivity index (χ3n) is 3.06. The van der Waals surface area contributed by atoms with Crippen LogP contribution in [-0.2, 0) is 4.79 Å². The second-order valence-electron chi connectivity index (χ2n) is 4.97. The summed E-state index contributed by atoms with van der Waals surface area (Å²) in [6.07, 6.45) is 0.981. The zero-order valence-electron chi connectivity index (χ0n) is 13.7. The van der Waals surface area contributed by atoms with Crippen molar-refractivity contribution in [3.8, 4) is 0 Å². The van der Waals surface area contributed by atoms with Crippen molar-refractivity contribution < 1.29 is 32.7 Å². The Morgan fingerprint density at radius 3 is 2.39 bits per heavy atom. The lowest BCUT2D eigenvalue weighted by Crippen LogP contribution is -2.21. The summed E-state index contributed by atoms with van der Waals surface area (Å²) in [5, 5.41) is 13.7. The van der Waals surface area contributed by atoms with Gasteiger partial charge in [0.1, 0.15) is 5.56 Å². The van der Waals surface area contributed by atoms with E-state index in [4.69, 9.17) is 15.6 Å². The van der Waals surface area contributed by atoms with Crippen molar-refractivity contribution >= 4 is 29.1 Å². The number of fused-ring (bicyclic) bond motifs is 1. The average Bonchev–Trinajstić information content (AvgIpc) is 3.06. The molecule has 0 atom stereocenters. The van der Waals surface area contributed by atoms with Crippen LogP contribution in [0.15, 0.2) is 43.0 Å². The van der Waals surface area contributed by atoms with E-state index < -0.39 is 24.0 Å². The van der Waals surface area contributed by atoms with Crippen LogP contribution >= 0.6 is 0 Å². The van der Waals surface area contributed by atoms with E-state index in [9.17, 15) is 22.8 Å². The Labute approximate surface area is 153 Å². The van der Waals surface area contributed by atoms with Gasteiger partial charge in [-0.3, -0.25) is 9.59 Å². The Kier molecular flexibility index (Phi) is 5.88. The molecule has 10 nitrogen and oxygen atoms in total. The summed E-state index contributed by atoms with van der Waals surface area (Å²) in [6.45, 7) is 0. The minimum atomic E-state index is -5.08. The highest BCUT2D eigenvalue weighted by molar-refractivity contribution is 6.10. The van der Waals surface area contributed by atoms with E-state index in [0.29, 0.717) is 5.65 Å². The van der Waals surface area contributed by atoms with Crippen molar-refractivity contribution in [1.82, 2.24) is 19.6 Å². The molecule has 0 unspecified atom stereocenters. The number of carboxylic acids is 1. The van der Waals surface area contributed by atoms with Crippen LogP contribution in [0.4, 0.5) is 18.9 Å². The lowest BCUT2D eigenvalue weighted by atomic mass is 10.2. The van der Waals surface area contributed by atoms with Crippen molar-refractivity contribution in [1.29, 1.82) is 0 Å². The summed E-state index contributed by atoms with van der Waals surface area (Å²) in [7, 11) is 0. The number of hydrogen-bond acceptors (Lipinski definition) is 6. The fourth-order valence-electron chi connectivity index (χ4n) is 1.88. The van der Waals surface area contributed by atoms with Crippen LogP contribution in [0.2, 0.25) is 0 Å². The highest BCUT2D eigenvalue weighted by Gasteiger charge is 2.38. The molecule has 4 N–H and O–H groups in total. The predicted octanol–water partition coefficient (Wildman–Crippen LogP) is 1.11. The monoisotopic (exact) mass is 396 g/mol. The topological polar surface area (TPSA) is 153 Å². The molecule has 0 saturated heterocycles. The summed E-state index contributed by atoms with van der Waals surface area (Å²) in [5.74, 6) is -3.92. The number of alkyl halides is 3. The van der Waals surface area contributed by atoms with Gasteiger partial charge in [0.2, 0.25) is 0 Å². The van der Waals surface area contributed by atoms with E-state index in [-0.39, 0.29) is 16.9 Å². The molecule has 28 heavy (non-hydrogen) atoms. The summed E-state index contributed by atoms with van der Waals surface area (Å²) < 4.78 is 33.2. The smallest absolute Gasteiger partial charge is 0.475 e. The van der Waals surface area contributed by atoms with E-state index in [1.54, 1.807) is 30.6 Å². The first-order valence-electron chi connectivity index (χ1n) is 7.26. The van der Waals surface area contributed by atoms with Gasteiger partial charge in [0.05, 0.1) is 11.9 Å². The SMILES string of the molecule is NC(=O)c1ncccc1NC(=O)c1cnn2cccnc12.O=C(O)C(F)(F)F. The first-order valence-corrected chi connectivity index (χ1v) is 7.26. The molecule has 0 bridgehead atoms. The molecule has 0 aliphatic heterocycles. The summed E-state index contributed by atoms with van der Waals surface area (Å²) in [4.78, 5) is 40.4.